The lowest BCUT2D eigenvalue weighted by atomic mass is 10.1. The summed E-state index contributed by atoms with van der Waals surface area (Å²) in [6, 6.07) is 13.0. The maximum atomic E-state index is 4.70. The van der Waals surface area contributed by atoms with E-state index in [1.165, 1.54) is 11.1 Å². The van der Waals surface area contributed by atoms with E-state index in [2.05, 4.69) is 55.4 Å². The number of rotatable bonds is 5. The van der Waals surface area contributed by atoms with E-state index in [1.807, 2.05) is 43.1 Å². The average Bonchev–Trinajstić information content (AvgIpc) is 3.25. The number of benzene rings is 1. The van der Waals surface area contributed by atoms with Gasteiger partial charge in [0.15, 0.2) is 11.5 Å². The molecule has 6 heteroatoms. The fourth-order valence-corrected chi connectivity index (χ4v) is 4.12. The first-order valence-corrected chi connectivity index (χ1v) is 10.6. The lowest BCUT2D eigenvalue weighted by Crippen LogP contribution is -2.46. The Morgan fingerprint density at radius 2 is 1.57 bits per heavy atom. The first kappa shape index (κ1) is 18.8. The Labute approximate surface area is 176 Å². The van der Waals surface area contributed by atoms with Gasteiger partial charge in [-0.1, -0.05) is 31.2 Å². The second-order valence-corrected chi connectivity index (χ2v) is 7.76. The Morgan fingerprint density at radius 1 is 0.833 bits per heavy atom. The molecule has 0 amide bonds. The molecule has 6 nitrogen and oxygen atoms in total. The van der Waals surface area contributed by atoms with Gasteiger partial charge in [0.05, 0.1) is 11.9 Å². The van der Waals surface area contributed by atoms with Gasteiger partial charge in [-0.2, -0.15) is 0 Å². The SMILES string of the molecule is CCc1ccc(CN2CCN(c3nccn4c(-c5ccncc5)cnc34)CC2)cc1. The molecule has 4 aromatic rings. The van der Waals surface area contributed by atoms with Crippen LogP contribution in [0.5, 0.6) is 0 Å². The Morgan fingerprint density at radius 3 is 2.30 bits per heavy atom. The molecule has 1 aliphatic rings. The van der Waals surface area contributed by atoms with Crippen LogP contribution >= 0.6 is 0 Å². The van der Waals surface area contributed by atoms with Crippen LogP contribution in [0.3, 0.4) is 0 Å². The molecule has 0 unspecified atom stereocenters. The van der Waals surface area contributed by atoms with Gasteiger partial charge >= 0.3 is 0 Å². The van der Waals surface area contributed by atoms with Gasteiger partial charge in [0, 0.05) is 63.1 Å². The molecule has 0 spiro atoms. The summed E-state index contributed by atoms with van der Waals surface area (Å²) in [4.78, 5) is 18.4. The monoisotopic (exact) mass is 398 g/mol. The summed E-state index contributed by atoms with van der Waals surface area (Å²) in [5, 5.41) is 0. The van der Waals surface area contributed by atoms with Gasteiger partial charge in [0.25, 0.3) is 0 Å². The third-order valence-corrected chi connectivity index (χ3v) is 5.89. The highest BCUT2D eigenvalue weighted by atomic mass is 15.3. The average molecular weight is 399 g/mol. The van der Waals surface area contributed by atoms with Crippen molar-refractivity contribution in [2.75, 3.05) is 31.1 Å². The van der Waals surface area contributed by atoms with Gasteiger partial charge in [-0.3, -0.25) is 14.3 Å². The van der Waals surface area contributed by atoms with Crippen LogP contribution in [0.1, 0.15) is 18.1 Å². The second-order valence-electron chi connectivity index (χ2n) is 7.76. The van der Waals surface area contributed by atoms with Crippen LogP contribution in [0.25, 0.3) is 16.9 Å². The van der Waals surface area contributed by atoms with Crippen LogP contribution in [0.4, 0.5) is 5.82 Å². The summed E-state index contributed by atoms with van der Waals surface area (Å²) in [5.74, 6) is 0.963. The van der Waals surface area contributed by atoms with E-state index >= 15 is 0 Å². The molecule has 0 atom stereocenters. The molecular weight excluding hydrogens is 372 g/mol. The Bertz CT molecular complexity index is 1110. The van der Waals surface area contributed by atoms with Gasteiger partial charge in [0.2, 0.25) is 0 Å². The molecule has 0 aliphatic carbocycles. The number of anilines is 1. The molecule has 0 N–H and O–H groups in total. The number of hydrogen-bond donors (Lipinski definition) is 0. The molecular formula is C24H26N6. The molecule has 30 heavy (non-hydrogen) atoms. The highest BCUT2D eigenvalue weighted by Crippen LogP contribution is 2.25. The number of piperazine rings is 1. The Balaban J connectivity index is 1.31. The predicted octanol–water partition coefficient (Wildman–Crippen LogP) is 3.68. The minimum absolute atomic E-state index is 0.910. The molecule has 3 aromatic heterocycles. The summed E-state index contributed by atoms with van der Waals surface area (Å²) in [6.45, 7) is 7.16. The highest BCUT2D eigenvalue weighted by molar-refractivity contribution is 5.71. The number of imidazole rings is 1. The van der Waals surface area contributed by atoms with Crippen molar-refractivity contribution < 1.29 is 0 Å². The quantitative estimate of drug-likeness (QED) is 0.513. The second kappa shape index (κ2) is 8.24. The van der Waals surface area contributed by atoms with Crippen LogP contribution in [0.15, 0.2) is 67.4 Å². The molecule has 0 radical (unpaired) electrons. The lowest BCUT2D eigenvalue weighted by molar-refractivity contribution is 0.249. The van der Waals surface area contributed by atoms with Crippen LogP contribution < -0.4 is 4.90 Å². The maximum absolute atomic E-state index is 4.70. The van der Waals surface area contributed by atoms with E-state index in [-0.39, 0.29) is 0 Å². The number of pyridine rings is 1. The summed E-state index contributed by atoms with van der Waals surface area (Å²) < 4.78 is 2.12. The van der Waals surface area contributed by atoms with Gasteiger partial charge in [-0.25, -0.2) is 9.97 Å². The number of aryl methyl sites for hydroxylation is 1. The van der Waals surface area contributed by atoms with Crippen molar-refractivity contribution in [2.24, 2.45) is 0 Å². The number of aromatic nitrogens is 4. The Kier molecular flexibility index (Phi) is 5.15. The standard InChI is InChI=1S/C24H26N6/c1-2-19-3-5-20(6-4-19)18-28-13-15-29(16-14-28)23-24-27-17-22(30(24)12-11-26-23)21-7-9-25-10-8-21/h3-12,17H,2,13-16,18H2,1H3. The van der Waals surface area contributed by atoms with E-state index in [0.717, 1.165) is 61.9 Å². The number of fused-ring (bicyclic) bond motifs is 1. The summed E-state index contributed by atoms with van der Waals surface area (Å²) in [5.41, 5.74) is 5.86. The van der Waals surface area contributed by atoms with Crippen molar-refractivity contribution in [1.29, 1.82) is 0 Å². The van der Waals surface area contributed by atoms with E-state index < -0.39 is 0 Å². The summed E-state index contributed by atoms with van der Waals surface area (Å²) in [6.07, 6.45) is 10.5. The highest BCUT2D eigenvalue weighted by Gasteiger charge is 2.21. The van der Waals surface area contributed by atoms with E-state index in [9.17, 15) is 0 Å². The van der Waals surface area contributed by atoms with Gasteiger partial charge in [-0.05, 0) is 29.7 Å². The minimum atomic E-state index is 0.910. The van der Waals surface area contributed by atoms with Crippen molar-refractivity contribution in [3.05, 3.63) is 78.5 Å². The number of nitrogens with zero attached hydrogens (tertiary/aromatic N) is 6. The molecule has 1 aliphatic heterocycles. The van der Waals surface area contributed by atoms with Gasteiger partial charge in [0.1, 0.15) is 0 Å². The smallest absolute Gasteiger partial charge is 0.180 e. The van der Waals surface area contributed by atoms with Crippen molar-refractivity contribution in [3.8, 4) is 11.3 Å². The molecule has 1 aromatic carbocycles. The summed E-state index contributed by atoms with van der Waals surface area (Å²) in [7, 11) is 0. The van der Waals surface area contributed by atoms with Crippen LogP contribution in [-0.4, -0.2) is 50.4 Å². The zero-order chi connectivity index (χ0) is 20.3. The Hall–Kier alpha value is -3.25. The van der Waals surface area contributed by atoms with Crippen LogP contribution in [0, 0.1) is 0 Å². The molecule has 0 bridgehead atoms. The van der Waals surface area contributed by atoms with Crippen molar-refractivity contribution in [2.45, 2.75) is 19.9 Å². The van der Waals surface area contributed by atoms with Crippen molar-refractivity contribution in [1.82, 2.24) is 24.3 Å². The number of hydrogen-bond acceptors (Lipinski definition) is 5. The first-order chi connectivity index (χ1) is 14.8. The predicted molar refractivity (Wildman–Crippen MR) is 120 cm³/mol. The van der Waals surface area contributed by atoms with E-state index in [0.29, 0.717) is 0 Å². The third-order valence-electron chi connectivity index (χ3n) is 5.89. The minimum Gasteiger partial charge on any atom is -0.351 e. The van der Waals surface area contributed by atoms with Gasteiger partial charge in [-0.15, -0.1) is 0 Å². The maximum Gasteiger partial charge on any atom is 0.180 e. The lowest BCUT2D eigenvalue weighted by Gasteiger charge is -2.35. The summed E-state index contributed by atoms with van der Waals surface area (Å²) >= 11 is 0. The molecule has 1 fully saturated rings. The zero-order valence-corrected chi connectivity index (χ0v) is 17.3. The normalized spacial score (nSPS) is 15.0. The first-order valence-electron chi connectivity index (χ1n) is 10.6. The largest absolute Gasteiger partial charge is 0.351 e. The van der Waals surface area contributed by atoms with E-state index in [4.69, 9.17) is 4.98 Å². The topological polar surface area (TPSA) is 49.6 Å². The van der Waals surface area contributed by atoms with Crippen molar-refractivity contribution in [3.63, 3.8) is 0 Å². The molecule has 1 saturated heterocycles. The fourth-order valence-electron chi connectivity index (χ4n) is 4.12. The molecule has 4 heterocycles. The van der Waals surface area contributed by atoms with Gasteiger partial charge < -0.3 is 4.90 Å². The fraction of sp³-hybridized carbons (Fsp3) is 0.292. The zero-order valence-electron chi connectivity index (χ0n) is 17.3. The third kappa shape index (κ3) is 3.66. The van der Waals surface area contributed by atoms with Crippen molar-refractivity contribution >= 4 is 11.5 Å². The molecule has 152 valence electrons. The molecule has 5 rings (SSSR count). The van der Waals surface area contributed by atoms with Crippen LogP contribution in [-0.2, 0) is 13.0 Å². The van der Waals surface area contributed by atoms with E-state index in [1.54, 1.807) is 0 Å². The van der Waals surface area contributed by atoms with Crippen LogP contribution in [0.2, 0.25) is 0 Å². The molecule has 0 saturated carbocycles.